The van der Waals surface area contributed by atoms with Gasteiger partial charge in [0.1, 0.15) is 5.82 Å². The van der Waals surface area contributed by atoms with E-state index >= 15 is 0 Å². The van der Waals surface area contributed by atoms with Gasteiger partial charge in [0.15, 0.2) is 11.5 Å². The molecule has 0 saturated carbocycles. The Morgan fingerprint density at radius 1 is 1.00 bits per heavy atom. The molecule has 23 heavy (non-hydrogen) atoms. The molecule has 2 aliphatic rings. The zero-order chi connectivity index (χ0) is 16.0. The maximum Gasteiger partial charge on any atom is 0.243 e. The highest BCUT2D eigenvalue weighted by molar-refractivity contribution is 7.89. The van der Waals surface area contributed by atoms with Gasteiger partial charge in [-0.15, -0.1) is 0 Å². The van der Waals surface area contributed by atoms with E-state index in [1.54, 1.807) is 0 Å². The molecule has 0 saturated heterocycles. The largest absolute Gasteiger partial charge is 0.454 e. The SMILES string of the molecule is O=S(=O)(c1ccc(F)cc1)N1CCc2cc3c(cc2C1)OCO3. The first-order valence-electron chi connectivity index (χ1n) is 7.21. The van der Waals surface area contributed by atoms with Crippen molar-refractivity contribution in [2.75, 3.05) is 13.3 Å². The molecule has 2 heterocycles. The van der Waals surface area contributed by atoms with Crippen LogP contribution in [-0.4, -0.2) is 26.1 Å². The Morgan fingerprint density at radius 2 is 1.65 bits per heavy atom. The Hall–Kier alpha value is -2.12. The van der Waals surface area contributed by atoms with E-state index < -0.39 is 15.8 Å². The summed E-state index contributed by atoms with van der Waals surface area (Å²) in [4.78, 5) is 0.100. The fraction of sp³-hybridized carbons (Fsp3) is 0.250. The van der Waals surface area contributed by atoms with Gasteiger partial charge < -0.3 is 9.47 Å². The van der Waals surface area contributed by atoms with Gasteiger partial charge in [0, 0.05) is 13.1 Å². The second kappa shape index (κ2) is 5.21. The van der Waals surface area contributed by atoms with Crippen LogP contribution in [0.4, 0.5) is 4.39 Å². The molecular weight excluding hydrogens is 321 g/mol. The summed E-state index contributed by atoms with van der Waals surface area (Å²) >= 11 is 0. The highest BCUT2D eigenvalue weighted by Gasteiger charge is 2.30. The molecule has 0 radical (unpaired) electrons. The topological polar surface area (TPSA) is 55.8 Å². The van der Waals surface area contributed by atoms with Crippen LogP contribution in [0.2, 0.25) is 0 Å². The van der Waals surface area contributed by atoms with Crippen LogP contribution in [0.3, 0.4) is 0 Å². The van der Waals surface area contributed by atoms with Gasteiger partial charge in [-0.05, 0) is 53.9 Å². The van der Waals surface area contributed by atoms with Gasteiger partial charge >= 0.3 is 0 Å². The summed E-state index contributed by atoms with van der Waals surface area (Å²) < 4.78 is 50.5. The summed E-state index contributed by atoms with van der Waals surface area (Å²) in [6.45, 7) is 0.841. The van der Waals surface area contributed by atoms with Crippen LogP contribution in [0.5, 0.6) is 11.5 Å². The second-order valence-electron chi connectivity index (χ2n) is 5.52. The third-order valence-corrected chi connectivity index (χ3v) is 5.98. The molecule has 7 heteroatoms. The summed E-state index contributed by atoms with van der Waals surface area (Å²) in [5.74, 6) is 0.893. The summed E-state index contributed by atoms with van der Waals surface area (Å²) in [5.41, 5.74) is 1.98. The van der Waals surface area contributed by atoms with Crippen molar-refractivity contribution in [3.8, 4) is 11.5 Å². The van der Waals surface area contributed by atoms with E-state index in [0.29, 0.717) is 24.5 Å². The fourth-order valence-electron chi connectivity index (χ4n) is 2.88. The molecule has 5 nitrogen and oxygen atoms in total. The molecular formula is C16H14FNO4S. The average Bonchev–Trinajstić information content (AvgIpc) is 2.99. The summed E-state index contributed by atoms with van der Waals surface area (Å²) in [5, 5.41) is 0. The molecule has 0 aliphatic carbocycles. The highest BCUT2D eigenvalue weighted by Crippen LogP contribution is 2.37. The van der Waals surface area contributed by atoms with Gasteiger partial charge in [-0.3, -0.25) is 0 Å². The van der Waals surface area contributed by atoms with Crippen LogP contribution in [0.1, 0.15) is 11.1 Å². The predicted molar refractivity (Wildman–Crippen MR) is 80.3 cm³/mol. The van der Waals surface area contributed by atoms with Crippen molar-refractivity contribution < 1.29 is 22.3 Å². The zero-order valence-electron chi connectivity index (χ0n) is 12.2. The number of fused-ring (bicyclic) bond motifs is 2. The number of nitrogens with zero attached hydrogens (tertiary/aromatic N) is 1. The van der Waals surface area contributed by atoms with Crippen LogP contribution >= 0.6 is 0 Å². The Kier molecular flexibility index (Phi) is 3.28. The molecule has 0 bridgehead atoms. The van der Waals surface area contributed by atoms with Crippen molar-refractivity contribution in [1.82, 2.24) is 4.31 Å². The Morgan fingerprint density at radius 3 is 2.35 bits per heavy atom. The van der Waals surface area contributed by atoms with E-state index in [9.17, 15) is 12.8 Å². The lowest BCUT2D eigenvalue weighted by atomic mass is 10.0. The number of hydrogen-bond acceptors (Lipinski definition) is 4. The summed E-state index contributed by atoms with van der Waals surface area (Å²) in [6, 6.07) is 8.65. The van der Waals surface area contributed by atoms with Gasteiger partial charge in [-0.25, -0.2) is 12.8 Å². The van der Waals surface area contributed by atoms with Crippen LogP contribution < -0.4 is 9.47 Å². The first-order valence-corrected chi connectivity index (χ1v) is 8.65. The Balaban J connectivity index is 1.66. The minimum absolute atomic E-state index is 0.100. The quantitative estimate of drug-likeness (QED) is 0.845. The third-order valence-electron chi connectivity index (χ3n) is 4.12. The molecule has 0 unspecified atom stereocenters. The van der Waals surface area contributed by atoms with Crippen LogP contribution in [0.25, 0.3) is 0 Å². The average molecular weight is 335 g/mol. The molecule has 0 aromatic heterocycles. The van der Waals surface area contributed by atoms with Gasteiger partial charge in [-0.2, -0.15) is 4.31 Å². The molecule has 0 fully saturated rings. The first kappa shape index (κ1) is 14.5. The maximum atomic E-state index is 13.0. The normalized spacial score (nSPS) is 17.1. The van der Waals surface area contributed by atoms with E-state index in [1.807, 2.05) is 12.1 Å². The third kappa shape index (κ3) is 2.46. The smallest absolute Gasteiger partial charge is 0.243 e. The molecule has 120 valence electrons. The first-order chi connectivity index (χ1) is 11.0. The fourth-order valence-corrected chi connectivity index (χ4v) is 4.30. The maximum absolute atomic E-state index is 13.0. The summed E-state index contributed by atoms with van der Waals surface area (Å²) in [6.07, 6.45) is 0.604. The van der Waals surface area contributed by atoms with E-state index in [0.717, 1.165) is 23.3 Å². The van der Waals surface area contributed by atoms with Crippen molar-refractivity contribution in [3.63, 3.8) is 0 Å². The Labute approximate surface area is 133 Å². The molecule has 0 N–H and O–H groups in total. The van der Waals surface area contributed by atoms with Gasteiger partial charge in [0.05, 0.1) is 4.90 Å². The van der Waals surface area contributed by atoms with Crippen molar-refractivity contribution in [2.45, 2.75) is 17.9 Å². The lowest BCUT2D eigenvalue weighted by molar-refractivity contribution is 0.174. The minimum Gasteiger partial charge on any atom is -0.454 e. The number of ether oxygens (including phenoxy) is 2. The molecule has 0 amide bonds. The van der Waals surface area contributed by atoms with Crippen molar-refractivity contribution >= 4 is 10.0 Å². The van der Waals surface area contributed by atoms with Crippen molar-refractivity contribution in [3.05, 3.63) is 53.3 Å². The van der Waals surface area contributed by atoms with Crippen molar-refractivity contribution in [1.29, 1.82) is 0 Å². The molecule has 2 aliphatic heterocycles. The van der Waals surface area contributed by atoms with E-state index in [4.69, 9.17) is 9.47 Å². The minimum atomic E-state index is -3.64. The van der Waals surface area contributed by atoms with E-state index in [1.165, 1.54) is 16.4 Å². The monoisotopic (exact) mass is 335 g/mol. The number of hydrogen-bond donors (Lipinski definition) is 0. The van der Waals surface area contributed by atoms with Crippen LogP contribution in [0, 0.1) is 5.82 Å². The standard InChI is InChI=1S/C16H14FNO4S/c17-13-1-3-14(4-2-13)23(19,20)18-6-5-11-7-15-16(22-10-21-15)8-12(11)9-18/h1-4,7-8H,5-6,9-10H2. The van der Waals surface area contributed by atoms with Gasteiger partial charge in [0.25, 0.3) is 0 Å². The van der Waals surface area contributed by atoms with Gasteiger partial charge in [0.2, 0.25) is 16.8 Å². The van der Waals surface area contributed by atoms with Crippen molar-refractivity contribution in [2.24, 2.45) is 0 Å². The summed E-state index contributed by atoms with van der Waals surface area (Å²) in [7, 11) is -3.64. The lowest BCUT2D eigenvalue weighted by Crippen LogP contribution is -2.35. The second-order valence-corrected chi connectivity index (χ2v) is 7.45. The zero-order valence-corrected chi connectivity index (χ0v) is 13.0. The number of rotatable bonds is 2. The van der Waals surface area contributed by atoms with Crippen LogP contribution in [0.15, 0.2) is 41.3 Å². The van der Waals surface area contributed by atoms with E-state index in [2.05, 4.69) is 0 Å². The van der Waals surface area contributed by atoms with Crippen LogP contribution in [-0.2, 0) is 23.0 Å². The number of halogens is 1. The molecule has 0 spiro atoms. The predicted octanol–water partition coefficient (Wildman–Crippen LogP) is 2.30. The van der Waals surface area contributed by atoms with E-state index in [-0.39, 0.29) is 18.2 Å². The molecule has 2 aromatic rings. The molecule has 0 atom stereocenters. The Bertz CT molecular complexity index is 864. The number of benzene rings is 2. The highest BCUT2D eigenvalue weighted by atomic mass is 32.2. The molecule has 4 rings (SSSR count). The lowest BCUT2D eigenvalue weighted by Gasteiger charge is -2.28. The number of sulfonamides is 1. The van der Waals surface area contributed by atoms with Gasteiger partial charge in [-0.1, -0.05) is 0 Å². The molecule has 2 aromatic carbocycles.